The average molecular weight is 255 g/mol. The van der Waals surface area contributed by atoms with Gasteiger partial charge in [-0.3, -0.25) is 0 Å². The Morgan fingerprint density at radius 1 is 1.41 bits per heavy atom. The number of rotatable bonds is 5. The number of methoxy groups -OCH3 is 1. The molecular weight excluding hydrogens is 238 g/mol. The Hall–Kier alpha value is -1.05. The minimum absolute atomic E-state index is 0.165. The number of ether oxygens (including phenoxy) is 1. The molecule has 0 amide bonds. The molecule has 2 N–H and O–H groups in total. The van der Waals surface area contributed by atoms with Crippen molar-refractivity contribution in [1.29, 1.82) is 0 Å². The lowest BCUT2D eigenvalue weighted by atomic mass is 10.0. The third-order valence-corrected chi connectivity index (χ3v) is 3.31. The summed E-state index contributed by atoms with van der Waals surface area (Å²) in [5.74, 6) is 0.733. The number of aryl methyl sites for hydroxylation is 1. The van der Waals surface area contributed by atoms with Gasteiger partial charge in [0, 0.05) is 19.1 Å². The minimum Gasteiger partial charge on any atom is -0.377 e. The number of fused-ring (bicyclic) bond motifs is 1. The van der Waals surface area contributed by atoms with Crippen molar-refractivity contribution in [3.05, 3.63) is 10.8 Å². The summed E-state index contributed by atoms with van der Waals surface area (Å²) in [6.45, 7) is 4.46. The standard InChI is InChI=1S/C10H17N5OS/c1-10(2,11)5-4-8-14-15-7(6-16-3)12-13-9(15)17-8/h4-6,11H2,1-3H3. The SMILES string of the molecule is COCc1nnc2sc(CCC(C)(C)N)nn12. The summed E-state index contributed by atoms with van der Waals surface area (Å²) in [4.78, 5) is 0.807. The summed E-state index contributed by atoms with van der Waals surface area (Å²) in [6, 6.07) is 0. The van der Waals surface area contributed by atoms with Crippen LogP contribution in [-0.2, 0) is 17.8 Å². The first-order valence-corrected chi connectivity index (χ1v) is 6.29. The van der Waals surface area contributed by atoms with Crippen LogP contribution in [0.1, 0.15) is 31.1 Å². The molecule has 0 saturated heterocycles. The van der Waals surface area contributed by atoms with Gasteiger partial charge in [0.05, 0.1) is 0 Å². The van der Waals surface area contributed by atoms with Crippen LogP contribution in [-0.4, -0.2) is 32.5 Å². The van der Waals surface area contributed by atoms with Crippen LogP contribution in [0, 0.1) is 0 Å². The van der Waals surface area contributed by atoms with Gasteiger partial charge in [-0.2, -0.15) is 9.61 Å². The molecule has 0 aliphatic rings. The Kier molecular flexibility index (Phi) is 3.41. The first kappa shape index (κ1) is 12.4. The van der Waals surface area contributed by atoms with E-state index < -0.39 is 0 Å². The fourth-order valence-electron chi connectivity index (χ4n) is 1.45. The molecule has 0 aliphatic heterocycles. The molecule has 0 atom stereocenters. The van der Waals surface area contributed by atoms with Gasteiger partial charge >= 0.3 is 0 Å². The number of nitrogens with two attached hydrogens (primary N) is 1. The van der Waals surface area contributed by atoms with Gasteiger partial charge in [-0.1, -0.05) is 11.3 Å². The lowest BCUT2D eigenvalue weighted by Crippen LogP contribution is -2.32. The van der Waals surface area contributed by atoms with Gasteiger partial charge < -0.3 is 10.5 Å². The van der Waals surface area contributed by atoms with E-state index in [0.717, 1.165) is 28.6 Å². The Morgan fingerprint density at radius 2 is 2.18 bits per heavy atom. The highest BCUT2D eigenvalue weighted by atomic mass is 32.1. The Balaban J connectivity index is 2.15. The first-order valence-electron chi connectivity index (χ1n) is 5.47. The molecule has 0 fully saturated rings. The second-order valence-electron chi connectivity index (χ2n) is 4.73. The van der Waals surface area contributed by atoms with E-state index in [0.29, 0.717) is 6.61 Å². The van der Waals surface area contributed by atoms with Crippen LogP contribution in [0.25, 0.3) is 4.96 Å². The van der Waals surface area contributed by atoms with E-state index in [9.17, 15) is 0 Å². The summed E-state index contributed by atoms with van der Waals surface area (Å²) < 4.78 is 6.78. The van der Waals surface area contributed by atoms with Crippen LogP contribution in [0.4, 0.5) is 0 Å². The number of hydrogen-bond acceptors (Lipinski definition) is 6. The van der Waals surface area contributed by atoms with Crippen molar-refractivity contribution in [2.45, 2.75) is 38.8 Å². The molecule has 7 heteroatoms. The van der Waals surface area contributed by atoms with Crippen molar-refractivity contribution in [3.8, 4) is 0 Å². The smallest absolute Gasteiger partial charge is 0.234 e. The number of hydrogen-bond donors (Lipinski definition) is 1. The van der Waals surface area contributed by atoms with Crippen LogP contribution in [0.2, 0.25) is 0 Å². The second-order valence-corrected chi connectivity index (χ2v) is 5.77. The molecular formula is C10H17N5OS. The van der Waals surface area contributed by atoms with E-state index in [-0.39, 0.29) is 5.54 Å². The van der Waals surface area contributed by atoms with Gasteiger partial charge in [-0.25, -0.2) is 0 Å². The first-order chi connectivity index (χ1) is 7.99. The van der Waals surface area contributed by atoms with E-state index in [1.54, 1.807) is 23.0 Å². The minimum atomic E-state index is -0.165. The summed E-state index contributed by atoms with van der Waals surface area (Å²) in [6.07, 6.45) is 1.76. The topological polar surface area (TPSA) is 78.3 Å². The average Bonchev–Trinajstić information content (AvgIpc) is 2.76. The highest BCUT2D eigenvalue weighted by Crippen LogP contribution is 2.18. The van der Waals surface area contributed by atoms with Crippen molar-refractivity contribution in [1.82, 2.24) is 19.8 Å². The van der Waals surface area contributed by atoms with Crippen LogP contribution in [0.5, 0.6) is 0 Å². The van der Waals surface area contributed by atoms with Gasteiger partial charge in [-0.15, -0.1) is 10.2 Å². The lowest BCUT2D eigenvalue weighted by molar-refractivity contribution is 0.176. The molecule has 2 heterocycles. The third-order valence-electron chi connectivity index (χ3n) is 2.35. The maximum atomic E-state index is 5.95. The van der Waals surface area contributed by atoms with Crippen LogP contribution < -0.4 is 5.73 Å². The highest BCUT2D eigenvalue weighted by molar-refractivity contribution is 7.16. The quantitative estimate of drug-likeness (QED) is 0.862. The maximum absolute atomic E-state index is 5.95. The highest BCUT2D eigenvalue weighted by Gasteiger charge is 2.15. The van der Waals surface area contributed by atoms with E-state index in [1.165, 1.54) is 0 Å². The molecule has 0 saturated carbocycles. The second kappa shape index (κ2) is 4.67. The molecule has 2 aromatic rings. The molecule has 6 nitrogen and oxygen atoms in total. The normalized spacial score (nSPS) is 12.5. The molecule has 2 rings (SSSR count). The fraction of sp³-hybridized carbons (Fsp3) is 0.700. The molecule has 2 aromatic heterocycles. The molecule has 17 heavy (non-hydrogen) atoms. The molecule has 0 aromatic carbocycles. The summed E-state index contributed by atoms with van der Waals surface area (Å²) in [5, 5.41) is 13.6. The van der Waals surface area contributed by atoms with Gasteiger partial charge in [0.2, 0.25) is 4.96 Å². The molecule has 94 valence electrons. The predicted octanol–water partition coefficient (Wildman–Crippen LogP) is 1.00. The van der Waals surface area contributed by atoms with Crippen molar-refractivity contribution < 1.29 is 4.74 Å². The van der Waals surface area contributed by atoms with Gasteiger partial charge in [0.25, 0.3) is 0 Å². The van der Waals surface area contributed by atoms with Crippen molar-refractivity contribution in [2.75, 3.05) is 7.11 Å². The third kappa shape index (κ3) is 2.99. The van der Waals surface area contributed by atoms with Gasteiger partial charge in [0.1, 0.15) is 11.6 Å². The van der Waals surface area contributed by atoms with E-state index >= 15 is 0 Å². The zero-order chi connectivity index (χ0) is 12.5. The fourth-order valence-corrected chi connectivity index (χ4v) is 2.30. The summed E-state index contributed by atoms with van der Waals surface area (Å²) in [5.41, 5.74) is 5.79. The Morgan fingerprint density at radius 3 is 2.82 bits per heavy atom. The Labute approximate surface area is 104 Å². The van der Waals surface area contributed by atoms with E-state index in [2.05, 4.69) is 15.3 Å². The number of nitrogens with zero attached hydrogens (tertiary/aromatic N) is 4. The molecule has 0 aliphatic carbocycles. The predicted molar refractivity (Wildman–Crippen MR) is 66.0 cm³/mol. The molecule has 0 unspecified atom stereocenters. The zero-order valence-electron chi connectivity index (χ0n) is 10.3. The van der Waals surface area contributed by atoms with Gasteiger partial charge in [-0.05, 0) is 20.3 Å². The number of aromatic nitrogens is 4. The maximum Gasteiger partial charge on any atom is 0.234 e. The molecule has 0 bridgehead atoms. The Bertz CT molecular complexity index is 498. The molecule has 0 radical (unpaired) electrons. The van der Waals surface area contributed by atoms with Gasteiger partial charge in [0.15, 0.2) is 5.82 Å². The van der Waals surface area contributed by atoms with Crippen molar-refractivity contribution in [3.63, 3.8) is 0 Å². The van der Waals surface area contributed by atoms with Crippen LogP contribution in [0.3, 0.4) is 0 Å². The monoisotopic (exact) mass is 255 g/mol. The lowest BCUT2D eigenvalue weighted by Gasteiger charge is -2.16. The largest absolute Gasteiger partial charge is 0.377 e. The van der Waals surface area contributed by atoms with Crippen molar-refractivity contribution >= 4 is 16.3 Å². The summed E-state index contributed by atoms with van der Waals surface area (Å²) in [7, 11) is 1.63. The van der Waals surface area contributed by atoms with Crippen LogP contribution >= 0.6 is 11.3 Å². The zero-order valence-corrected chi connectivity index (χ0v) is 11.1. The summed E-state index contributed by atoms with van der Waals surface area (Å²) >= 11 is 1.55. The van der Waals surface area contributed by atoms with E-state index in [1.807, 2.05) is 13.8 Å². The van der Waals surface area contributed by atoms with Crippen molar-refractivity contribution in [2.24, 2.45) is 5.73 Å². The van der Waals surface area contributed by atoms with E-state index in [4.69, 9.17) is 10.5 Å². The van der Waals surface area contributed by atoms with Crippen LogP contribution in [0.15, 0.2) is 0 Å². The molecule has 0 spiro atoms.